The molecule has 260 valence electrons. The molecule has 1 heterocycles. The van der Waals surface area contributed by atoms with Crippen molar-refractivity contribution in [3.05, 3.63) is 179 Å². The minimum absolute atomic E-state index is 0.0473. The fourth-order valence-electron chi connectivity index (χ4n) is 6.08. The number of aryl methyl sites for hydroxylation is 1. The second-order valence-electron chi connectivity index (χ2n) is 12.5. The van der Waals surface area contributed by atoms with Crippen LogP contribution in [-0.2, 0) is 56.0 Å². The summed E-state index contributed by atoms with van der Waals surface area (Å²) in [7, 11) is 0. The Bertz CT molecular complexity index is 1720. The molecule has 5 atom stereocenters. The molecular weight excluding hydrogens is 638 g/mol. The highest BCUT2D eigenvalue weighted by Crippen LogP contribution is 2.49. The second kappa shape index (κ2) is 16.6. The van der Waals surface area contributed by atoms with Gasteiger partial charge in [-0.2, -0.15) is 8.78 Å². The Kier molecular flexibility index (Phi) is 11.8. The van der Waals surface area contributed by atoms with Gasteiger partial charge in [0.15, 0.2) is 0 Å². The van der Waals surface area contributed by atoms with E-state index >= 15 is 8.78 Å². The average Bonchev–Trinajstić information content (AvgIpc) is 3.15. The van der Waals surface area contributed by atoms with Gasteiger partial charge in [-0.3, -0.25) is 0 Å². The van der Waals surface area contributed by atoms with Crippen molar-refractivity contribution >= 4 is 0 Å². The number of hydrogen-bond acceptors (Lipinski definition) is 6. The van der Waals surface area contributed by atoms with Crippen LogP contribution in [0.4, 0.5) is 8.78 Å². The molecule has 0 aromatic heterocycles. The summed E-state index contributed by atoms with van der Waals surface area (Å²) in [5.41, 5.74) is 3.67. The van der Waals surface area contributed by atoms with Gasteiger partial charge in [-0.15, -0.1) is 0 Å². The lowest BCUT2D eigenvalue weighted by molar-refractivity contribution is -0.429. The molecule has 50 heavy (non-hydrogen) atoms. The molecule has 1 aliphatic rings. The van der Waals surface area contributed by atoms with Gasteiger partial charge in [0.05, 0.1) is 33.0 Å². The smallest absolute Gasteiger partial charge is 0.328 e. The summed E-state index contributed by atoms with van der Waals surface area (Å²) in [6.45, 7) is 1.92. The van der Waals surface area contributed by atoms with Crippen molar-refractivity contribution in [2.24, 2.45) is 0 Å². The van der Waals surface area contributed by atoms with Crippen LogP contribution in [-0.4, -0.2) is 41.9 Å². The van der Waals surface area contributed by atoms with Gasteiger partial charge in [-0.1, -0.05) is 151 Å². The summed E-state index contributed by atoms with van der Waals surface area (Å²) < 4.78 is 65.7. The quantitative estimate of drug-likeness (QED) is 0.120. The van der Waals surface area contributed by atoms with Crippen molar-refractivity contribution in [3.63, 3.8) is 0 Å². The number of hydrogen-bond donors (Lipinski definition) is 1. The standard InChI is InChI=1S/C42H42F2O6/c1-31-22-24-36(25-23-31)41(43,44)42(45)40(49-29-35-20-12-5-13-21-35)39(48-28-34-18-10-4-11-19-34)38(47-27-33-16-8-3-9-17-33)37(50-42)30-46-26-32-14-6-2-7-15-32/h2-25,37-40,45H,26-30H2,1H3/t37?,38-,39+,40-,42-/m1/s1. The first-order chi connectivity index (χ1) is 24.3. The number of ether oxygens (including phenoxy) is 5. The lowest BCUT2D eigenvalue weighted by Crippen LogP contribution is -2.72. The van der Waals surface area contributed by atoms with E-state index in [2.05, 4.69) is 0 Å². The van der Waals surface area contributed by atoms with E-state index in [1.54, 1.807) is 12.1 Å². The molecule has 0 bridgehead atoms. The summed E-state index contributed by atoms with van der Waals surface area (Å²) in [6.07, 6.45) is -5.08. The number of benzene rings is 5. The topological polar surface area (TPSA) is 66.4 Å². The molecule has 0 radical (unpaired) electrons. The van der Waals surface area contributed by atoms with E-state index in [1.807, 2.05) is 128 Å². The Labute approximate surface area is 292 Å². The minimum Gasteiger partial charge on any atom is -0.374 e. The lowest BCUT2D eigenvalue weighted by atomic mass is 9.85. The zero-order valence-corrected chi connectivity index (χ0v) is 27.9. The van der Waals surface area contributed by atoms with Crippen molar-refractivity contribution < 1.29 is 37.6 Å². The third-order valence-electron chi connectivity index (χ3n) is 8.81. The third kappa shape index (κ3) is 8.53. The Hall–Kier alpha value is -4.28. The predicted molar refractivity (Wildman–Crippen MR) is 186 cm³/mol. The van der Waals surface area contributed by atoms with Crippen LogP contribution in [0.2, 0.25) is 0 Å². The van der Waals surface area contributed by atoms with Crippen LogP contribution in [0.25, 0.3) is 0 Å². The lowest BCUT2D eigenvalue weighted by Gasteiger charge is -2.52. The van der Waals surface area contributed by atoms with Crippen molar-refractivity contribution in [2.75, 3.05) is 6.61 Å². The molecule has 1 aliphatic heterocycles. The molecule has 0 aliphatic carbocycles. The first-order valence-corrected chi connectivity index (χ1v) is 16.8. The molecule has 1 saturated heterocycles. The van der Waals surface area contributed by atoms with E-state index in [-0.39, 0.29) is 33.0 Å². The number of rotatable bonds is 15. The maximum atomic E-state index is 17.0. The predicted octanol–water partition coefficient (Wildman–Crippen LogP) is 8.15. The van der Waals surface area contributed by atoms with E-state index in [0.29, 0.717) is 0 Å². The minimum atomic E-state index is -3.95. The fraction of sp³-hybridized carbons (Fsp3) is 0.286. The second-order valence-corrected chi connectivity index (χ2v) is 12.5. The number of halogens is 2. The summed E-state index contributed by atoms with van der Waals surface area (Å²) in [5.74, 6) is -7.13. The van der Waals surface area contributed by atoms with Crippen molar-refractivity contribution in [2.45, 2.75) is 69.5 Å². The Balaban J connectivity index is 1.41. The summed E-state index contributed by atoms with van der Waals surface area (Å²) >= 11 is 0. The maximum Gasteiger partial charge on any atom is 0.328 e. The van der Waals surface area contributed by atoms with Crippen molar-refractivity contribution in [1.82, 2.24) is 0 Å². The highest BCUT2D eigenvalue weighted by atomic mass is 19.3. The van der Waals surface area contributed by atoms with Gasteiger partial charge >= 0.3 is 5.92 Å². The van der Waals surface area contributed by atoms with Gasteiger partial charge in [0.1, 0.15) is 24.4 Å². The molecule has 1 N–H and O–H groups in total. The van der Waals surface area contributed by atoms with Gasteiger partial charge in [0.2, 0.25) is 0 Å². The molecule has 0 saturated carbocycles. The molecule has 8 heteroatoms. The summed E-state index contributed by atoms with van der Waals surface area (Å²) in [4.78, 5) is 0. The Morgan fingerprint density at radius 3 is 1.48 bits per heavy atom. The summed E-state index contributed by atoms with van der Waals surface area (Å²) in [6, 6.07) is 43.3. The van der Waals surface area contributed by atoms with Gasteiger partial charge in [-0.05, 0) is 29.2 Å². The van der Waals surface area contributed by atoms with E-state index in [0.717, 1.165) is 27.8 Å². The van der Waals surface area contributed by atoms with Crippen LogP contribution in [0.3, 0.4) is 0 Å². The first-order valence-electron chi connectivity index (χ1n) is 16.8. The maximum absolute atomic E-state index is 17.0. The monoisotopic (exact) mass is 680 g/mol. The largest absolute Gasteiger partial charge is 0.374 e. The summed E-state index contributed by atoms with van der Waals surface area (Å²) in [5, 5.41) is 12.4. The van der Waals surface area contributed by atoms with Gasteiger partial charge < -0.3 is 28.8 Å². The molecule has 0 spiro atoms. The Morgan fingerprint density at radius 1 is 0.580 bits per heavy atom. The average molecular weight is 681 g/mol. The SMILES string of the molecule is Cc1ccc(C(F)(F)[C@]2(O)OC(COCc3ccccc3)[C@@H](OCc3ccccc3)[C@H](OCc3ccccc3)[C@H]2OCc2ccccc2)cc1. The molecule has 1 fully saturated rings. The molecule has 5 aromatic rings. The van der Waals surface area contributed by atoms with Crippen molar-refractivity contribution in [3.8, 4) is 0 Å². The molecule has 6 rings (SSSR count). The van der Waals surface area contributed by atoms with E-state index in [4.69, 9.17) is 23.7 Å². The first kappa shape index (κ1) is 35.5. The van der Waals surface area contributed by atoms with Crippen LogP contribution in [0.1, 0.15) is 33.4 Å². The van der Waals surface area contributed by atoms with Gasteiger partial charge in [0.25, 0.3) is 5.79 Å². The van der Waals surface area contributed by atoms with Crippen LogP contribution in [0.15, 0.2) is 146 Å². The van der Waals surface area contributed by atoms with E-state index in [1.165, 1.54) is 12.1 Å². The molecule has 0 amide bonds. The molecule has 5 aromatic carbocycles. The zero-order chi connectivity index (χ0) is 34.8. The van der Waals surface area contributed by atoms with Gasteiger partial charge in [0, 0.05) is 5.56 Å². The normalized spacial score (nSPS) is 22.3. The van der Waals surface area contributed by atoms with Crippen LogP contribution < -0.4 is 0 Å². The zero-order valence-electron chi connectivity index (χ0n) is 27.9. The number of aliphatic hydroxyl groups is 1. The van der Waals surface area contributed by atoms with E-state index < -0.39 is 41.7 Å². The number of alkyl halides is 2. The molecule has 1 unspecified atom stereocenters. The molecule has 6 nitrogen and oxygen atoms in total. The highest BCUT2D eigenvalue weighted by Gasteiger charge is 2.68. The fourth-order valence-corrected chi connectivity index (χ4v) is 6.08. The van der Waals surface area contributed by atoms with Crippen LogP contribution in [0.5, 0.6) is 0 Å². The highest BCUT2D eigenvalue weighted by molar-refractivity contribution is 5.28. The van der Waals surface area contributed by atoms with E-state index in [9.17, 15) is 5.11 Å². The third-order valence-corrected chi connectivity index (χ3v) is 8.81. The Morgan fingerprint density at radius 2 is 1.00 bits per heavy atom. The van der Waals surface area contributed by atoms with Crippen LogP contribution >= 0.6 is 0 Å². The van der Waals surface area contributed by atoms with Gasteiger partial charge in [-0.25, -0.2) is 0 Å². The van der Waals surface area contributed by atoms with Crippen molar-refractivity contribution in [1.29, 1.82) is 0 Å². The van der Waals surface area contributed by atoms with Crippen LogP contribution in [0, 0.1) is 6.92 Å². The molecular formula is C42H42F2O6.